The molecule has 15 heavy (non-hydrogen) atoms. The molecule has 0 fully saturated rings. The fourth-order valence-corrected chi connectivity index (χ4v) is 1.03. The van der Waals surface area contributed by atoms with Gasteiger partial charge in [-0.15, -0.1) is 0 Å². The van der Waals surface area contributed by atoms with Crippen molar-refractivity contribution in [1.29, 1.82) is 0 Å². The molecular weight excluding hydrogens is 196 g/mol. The number of carbonyl (C=O) groups is 2. The van der Waals surface area contributed by atoms with Crippen LogP contribution in [0.3, 0.4) is 0 Å². The van der Waals surface area contributed by atoms with E-state index in [4.69, 9.17) is 0 Å². The highest BCUT2D eigenvalue weighted by Crippen LogP contribution is 2.03. The van der Waals surface area contributed by atoms with Crippen LogP contribution in [0.15, 0.2) is 0 Å². The first-order valence-corrected chi connectivity index (χ1v) is 5.02. The average Bonchev–Trinajstić information content (AvgIpc) is 2.22. The molecule has 0 aromatic heterocycles. The van der Waals surface area contributed by atoms with E-state index in [2.05, 4.69) is 4.74 Å². The van der Waals surface area contributed by atoms with Crippen LogP contribution in [0, 0.1) is 0 Å². The molecule has 5 heteroatoms. The van der Waals surface area contributed by atoms with Gasteiger partial charge < -0.3 is 14.5 Å². The van der Waals surface area contributed by atoms with Gasteiger partial charge in [0.05, 0.1) is 7.11 Å². The van der Waals surface area contributed by atoms with Gasteiger partial charge in [-0.2, -0.15) is 0 Å². The second-order valence-corrected chi connectivity index (χ2v) is 3.59. The first kappa shape index (κ1) is 13.7. The van der Waals surface area contributed by atoms with Gasteiger partial charge in [-0.3, -0.25) is 4.79 Å². The topological polar surface area (TPSA) is 49.9 Å². The molecule has 0 saturated carbocycles. The van der Waals surface area contributed by atoms with Gasteiger partial charge in [-0.05, 0) is 20.8 Å². The van der Waals surface area contributed by atoms with E-state index in [1.807, 2.05) is 20.8 Å². The lowest BCUT2D eigenvalue weighted by molar-refractivity contribution is -0.141. The van der Waals surface area contributed by atoms with Crippen molar-refractivity contribution in [3.63, 3.8) is 0 Å². The Hall–Kier alpha value is -1.26. The third kappa shape index (κ3) is 4.18. The summed E-state index contributed by atoms with van der Waals surface area (Å²) in [5.74, 6) is -0.401. The van der Waals surface area contributed by atoms with Crippen LogP contribution in [0.2, 0.25) is 0 Å². The Morgan fingerprint density at radius 3 is 2.20 bits per heavy atom. The van der Waals surface area contributed by atoms with Crippen LogP contribution in [0.5, 0.6) is 0 Å². The van der Waals surface area contributed by atoms with Crippen molar-refractivity contribution < 1.29 is 14.3 Å². The zero-order chi connectivity index (χ0) is 12.0. The first-order chi connectivity index (χ1) is 6.93. The molecule has 0 spiro atoms. The van der Waals surface area contributed by atoms with Crippen molar-refractivity contribution in [3.05, 3.63) is 0 Å². The van der Waals surface area contributed by atoms with Crippen LogP contribution in [0.25, 0.3) is 0 Å². The highest BCUT2D eigenvalue weighted by atomic mass is 16.5. The Morgan fingerprint density at radius 2 is 1.87 bits per heavy atom. The Kier molecular flexibility index (Phi) is 5.74. The normalized spacial score (nSPS) is 10.0. The molecule has 2 amide bonds. The molecule has 0 aliphatic carbocycles. The zero-order valence-electron chi connectivity index (χ0n) is 10.1. The molecule has 0 unspecified atom stereocenters. The van der Waals surface area contributed by atoms with E-state index < -0.39 is 5.97 Å². The minimum Gasteiger partial charge on any atom is -0.468 e. The first-order valence-electron chi connectivity index (χ1n) is 5.02. The van der Waals surface area contributed by atoms with Crippen LogP contribution in [-0.2, 0) is 9.53 Å². The summed E-state index contributed by atoms with van der Waals surface area (Å²) in [6, 6.07) is -0.177. The summed E-state index contributed by atoms with van der Waals surface area (Å²) in [6.07, 6.45) is 0. The summed E-state index contributed by atoms with van der Waals surface area (Å²) >= 11 is 0. The third-order valence-electron chi connectivity index (χ3n) is 2.20. The maximum absolute atomic E-state index is 11.8. The molecule has 0 radical (unpaired) electrons. The number of hydrogen-bond acceptors (Lipinski definition) is 3. The fourth-order valence-electron chi connectivity index (χ4n) is 1.03. The maximum atomic E-state index is 11.8. The SMILES string of the molecule is CCN(C)C(=O)N(CC(=O)OC)C(C)C. The minimum absolute atomic E-state index is 0.00264. The van der Waals surface area contributed by atoms with Gasteiger partial charge in [0.15, 0.2) is 0 Å². The highest BCUT2D eigenvalue weighted by molar-refractivity contribution is 5.81. The molecule has 88 valence electrons. The van der Waals surface area contributed by atoms with Crippen LogP contribution < -0.4 is 0 Å². The molecule has 0 rings (SSSR count). The number of methoxy groups -OCH3 is 1. The largest absolute Gasteiger partial charge is 0.468 e. The van der Waals surface area contributed by atoms with Crippen molar-refractivity contribution >= 4 is 12.0 Å². The van der Waals surface area contributed by atoms with E-state index in [0.29, 0.717) is 6.54 Å². The van der Waals surface area contributed by atoms with E-state index in [-0.39, 0.29) is 18.6 Å². The van der Waals surface area contributed by atoms with Gasteiger partial charge in [0.1, 0.15) is 6.54 Å². The lowest BCUT2D eigenvalue weighted by atomic mass is 10.3. The molecule has 5 nitrogen and oxygen atoms in total. The highest BCUT2D eigenvalue weighted by Gasteiger charge is 2.22. The van der Waals surface area contributed by atoms with Gasteiger partial charge in [-0.25, -0.2) is 4.79 Å². The molecule has 0 aliphatic rings. The van der Waals surface area contributed by atoms with Crippen LogP contribution in [-0.4, -0.2) is 55.1 Å². The molecule has 0 heterocycles. The second-order valence-electron chi connectivity index (χ2n) is 3.59. The number of rotatable bonds is 4. The Labute approximate surface area is 91.0 Å². The number of amides is 2. The summed E-state index contributed by atoms with van der Waals surface area (Å²) < 4.78 is 4.54. The quantitative estimate of drug-likeness (QED) is 0.657. The zero-order valence-corrected chi connectivity index (χ0v) is 10.1. The summed E-state index contributed by atoms with van der Waals surface area (Å²) in [5.41, 5.74) is 0. The molecule has 0 aromatic carbocycles. The van der Waals surface area contributed by atoms with Gasteiger partial charge >= 0.3 is 12.0 Å². The molecule has 0 saturated heterocycles. The molecule has 0 N–H and O–H groups in total. The fraction of sp³-hybridized carbons (Fsp3) is 0.800. The number of ether oxygens (including phenoxy) is 1. The number of esters is 1. The van der Waals surface area contributed by atoms with E-state index in [9.17, 15) is 9.59 Å². The van der Waals surface area contributed by atoms with Crippen LogP contribution >= 0.6 is 0 Å². The van der Waals surface area contributed by atoms with E-state index in [1.165, 1.54) is 12.0 Å². The second kappa shape index (κ2) is 6.27. The molecule has 0 aliphatic heterocycles. The monoisotopic (exact) mass is 216 g/mol. The lowest BCUT2D eigenvalue weighted by Gasteiger charge is -2.29. The summed E-state index contributed by atoms with van der Waals surface area (Å²) in [6.45, 7) is 6.23. The van der Waals surface area contributed by atoms with Crippen molar-refractivity contribution in [2.24, 2.45) is 0 Å². The summed E-state index contributed by atoms with van der Waals surface area (Å²) in [7, 11) is 3.02. The van der Waals surface area contributed by atoms with Gasteiger partial charge in [0, 0.05) is 19.6 Å². The van der Waals surface area contributed by atoms with Crippen LogP contribution in [0.1, 0.15) is 20.8 Å². The van der Waals surface area contributed by atoms with Gasteiger partial charge in [0.2, 0.25) is 0 Å². The summed E-state index contributed by atoms with van der Waals surface area (Å²) in [4.78, 5) is 26.0. The van der Waals surface area contributed by atoms with Crippen molar-refractivity contribution in [1.82, 2.24) is 9.80 Å². The Morgan fingerprint density at radius 1 is 1.33 bits per heavy atom. The predicted octanol–water partition coefficient (Wildman–Crippen LogP) is 0.941. The number of urea groups is 1. The predicted molar refractivity (Wildman–Crippen MR) is 57.6 cm³/mol. The van der Waals surface area contributed by atoms with Crippen LogP contribution in [0.4, 0.5) is 4.79 Å². The Balaban J connectivity index is 4.52. The average molecular weight is 216 g/mol. The van der Waals surface area contributed by atoms with E-state index in [1.54, 1.807) is 11.9 Å². The molecule has 0 bridgehead atoms. The van der Waals surface area contributed by atoms with Gasteiger partial charge in [-0.1, -0.05) is 0 Å². The number of hydrogen-bond donors (Lipinski definition) is 0. The molecular formula is C10H20N2O3. The van der Waals surface area contributed by atoms with E-state index in [0.717, 1.165) is 0 Å². The molecule has 0 atom stereocenters. The maximum Gasteiger partial charge on any atom is 0.325 e. The van der Waals surface area contributed by atoms with Crippen molar-refractivity contribution in [2.75, 3.05) is 27.2 Å². The summed E-state index contributed by atoms with van der Waals surface area (Å²) in [5, 5.41) is 0. The number of nitrogens with zero attached hydrogens (tertiary/aromatic N) is 2. The number of carbonyl (C=O) groups excluding carboxylic acids is 2. The van der Waals surface area contributed by atoms with Crippen molar-refractivity contribution in [2.45, 2.75) is 26.8 Å². The van der Waals surface area contributed by atoms with Crippen molar-refractivity contribution in [3.8, 4) is 0 Å². The smallest absolute Gasteiger partial charge is 0.325 e. The Bertz CT molecular complexity index is 229. The van der Waals surface area contributed by atoms with Gasteiger partial charge in [0.25, 0.3) is 0 Å². The standard InChI is InChI=1S/C10H20N2O3/c1-6-11(4)10(14)12(8(2)3)7-9(13)15-5/h8H,6-7H2,1-5H3. The van der Waals surface area contributed by atoms with E-state index >= 15 is 0 Å². The minimum atomic E-state index is -0.401. The molecule has 0 aromatic rings. The lowest BCUT2D eigenvalue weighted by Crippen LogP contribution is -2.47. The third-order valence-corrected chi connectivity index (χ3v) is 2.20.